The summed E-state index contributed by atoms with van der Waals surface area (Å²) in [6, 6.07) is 0.561. The average Bonchev–Trinajstić information content (AvgIpc) is 2.98. The van der Waals surface area contributed by atoms with Crippen LogP contribution in [0, 0.1) is 0 Å². The highest BCUT2D eigenvalue weighted by Crippen LogP contribution is 2.18. The van der Waals surface area contributed by atoms with E-state index in [9.17, 15) is 4.79 Å². The van der Waals surface area contributed by atoms with Crippen LogP contribution in [0.1, 0.15) is 39.5 Å². The van der Waals surface area contributed by atoms with Crippen molar-refractivity contribution < 1.29 is 9.90 Å². The summed E-state index contributed by atoms with van der Waals surface area (Å²) >= 11 is 0. The maximum atomic E-state index is 11.6. The van der Waals surface area contributed by atoms with E-state index >= 15 is 0 Å². The number of aliphatic hydroxyl groups excluding tert-OH is 1. The third-order valence-electron chi connectivity index (χ3n) is 2.65. The smallest absolute Gasteiger partial charge is 0.237 e. The topological polar surface area (TPSA) is 61.4 Å². The van der Waals surface area contributed by atoms with Gasteiger partial charge in [0.15, 0.2) is 0 Å². The number of nitrogens with one attached hydrogen (secondary N) is 2. The summed E-state index contributed by atoms with van der Waals surface area (Å²) in [7, 11) is 0. The number of hydrogen-bond donors (Lipinski definition) is 3. The molecule has 1 saturated carbocycles. The fraction of sp³-hybridized carbons (Fsp3) is 0.909. The van der Waals surface area contributed by atoms with Crippen LogP contribution in [0.15, 0.2) is 0 Å². The van der Waals surface area contributed by atoms with E-state index in [1.165, 1.54) is 0 Å². The minimum atomic E-state index is -0.140. The fourth-order valence-electron chi connectivity index (χ4n) is 1.54. The van der Waals surface area contributed by atoms with Crippen molar-refractivity contribution in [2.45, 2.75) is 57.7 Å². The molecular weight excluding hydrogens is 192 g/mol. The molecule has 1 fully saturated rings. The van der Waals surface area contributed by atoms with Crippen molar-refractivity contribution in [2.75, 3.05) is 6.61 Å². The molecule has 15 heavy (non-hydrogen) atoms. The van der Waals surface area contributed by atoms with Gasteiger partial charge in [-0.05, 0) is 39.5 Å². The highest BCUT2D eigenvalue weighted by Gasteiger charge is 2.25. The standard InChI is InChI=1S/C11H22N2O2/c1-8(4-3-7-14)12-9(2)11(15)13-10-5-6-10/h8-10,12,14H,3-7H2,1-2H3,(H,13,15). The quantitative estimate of drug-likeness (QED) is 0.575. The normalized spacial score (nSPS) is 19.7. The van der Waals surface area contributed by atoms with Crippen LogP contribution in [0.2, 0.25) is 0 Å². The summed E-state index contributed by atoms with van der Waals surface area (Å²) in [6.07, 6.45) is 3.93. The van der Waals surface area contributed by atoms with Crippen LogP contribution in [0.3, 0.4) is 0 Å². The molecule has 1 amide bonds. The van der Waals surface area contributed by atoms with Crippen LogP contribution in [0.5, 0.6) is 0 Å². The molecule has 88 valence electrons. The summed E-state index contributed by atoms with van der Waals surface area (Å²) in [5.41, 5.74) is 0. The Morgan fingerprint density at radius 3 is 2.67 bits per heavy atom. The fourth-order valence-corrected chi connectivity index (χ4v) is 1.54. The molecule has 0 spiro atoms. The second-order valence-corrected chi connectivity index (χ2v) is 4.44. The van der Waals surface area contributed by atoms with Crippen molar-refractivity contribution in [3.63, 3.8) is 0 Å². The van der Waals surface area contributed by atoms with E-state index in [1.54, 1.807) is 0 Å². The minimum absolute atomic E-state index is 0.0911. The number of hydrogen-bond acceptors (Lipinski definition) is 3. The third-order valence-corrected chi connectivity index (χ3v) is 2.65. The molecule has 1 aliphatic rings. The predicted octanol–water partition coefficient (Wildman–Crippen LogP) is 0.404. The Hall–Kier alpha value is -0.610. The van der Waals surface area contributed by atoms with Crippen LogP contribution in [-0.4, -0.2) is 35.7 Å². The lowest BCUT2D eigenvalue weighted by Gasteiger charge is -2.19. The molecule has 0 aliphatic heterocycles. The Kier molecular flexibility index (Phi) is 5.05. The second-order valence-electron chi connectivity index (χ2n) is 4.44. The maximum absolute atomic E-state index is 11.6. The Bertz CT molecular complexity index is 205. The zero-order valence-electron chi connectivity index (χ0n) is 9.62. The molecule has 0 heterocycles. The Labute approximate surface area is 91.4 Å². The molecule has 4 heteroatoms. The van der Waals surface area contributed by atoms with Gasteiger partial charge in [0.05, 0.1) is 6.04 Å². The second kappa shape index (κ2) is 6.08. The Balaban J connectivity index is 2.14. The van der Waals surface area contributed by atoms with Crippen LogP contribution in [-0.2, 0) is 4.79 Å². The van der Waals surface area contributed by atoms with Gasteiger partial charge >= 0.3 is 0 Å². The summed E-state index contributed by atoms with van der Waals surface area (Å²) < 4.78 is 0. The van der Waals surface area contributed by atoms with Gasteiger partial charge in [-0.15, -0.1) is 0 Å². The van der Waals surface area contributed by atoms with E-state index in [-0.39, 0.29) is 24.6 Å². The van der Waals surface area contributed by atoms with E-state index in [0.717, 1.165) is 25.7 Å². The van der Waals surface area contributed by atoms with Crippen LogP contribution in [0.4, 0.5) is 0 Å². The van der Waals surface area contributed by atoms with Gasteiger partial charge in [0.2, 0.25) is 5.91 Å². The molecule has 4 nitrogen and oxygen atoms in total. The number of amides is 1. The molecule has 2 atom stereocenters. The molecular formula is C11H22N2O2. The van der Waals surface area contributed by atoms with Crippen LogP contribution >= 0.6 is 0 Å². The first-order valence-corrected chi connectivity index (χ1v) is 5.80. The van der Waals surface area contributed by atoms with Crippen molar-refractivity contribution in [1.82, 2.24) is 10.6 Å². The molecule has 1 rings (SSSR count). The molecule has 3 N–H and O–H groups in total. The van der Waals surface area contributed by atoms with Gasteiger partial charge in [-0.2, -0.15) is 0 Å². The van der Waals surface area contributed by atoms with Crippen molar-refractivity contribution in [2.24, 2.45) is 0 Å². The molecule has 0 bridgehead atoms. The van der Waals surface area contributed by atoms with E-state index in [4.69, 9.17) is 5.11 Å². The van der Waals surface area contributed by atoms with E-state index in [0.29, 0.717) is 6.04 Å². The lowest BCUT2D eigenvalue weighted by molar-refractivity contribution is -0.123. The van der Waals surface area contributed by atoms with Gasteiger partial charge in [-0.3, -0.25) is 4.79 Å². The van der Waals surface area contributed by atoms with Gasteiger partial charge in [0.25, 0.3) is 0 Å². The van der Waals surface area contributed by atoms with Crippen molar-refractivity contribution in [3.05, 3.63) is 0 Å². The van der Waals surface area contributed by atoms with Gasteiger partial charge in [-0.25, -0.2) is 0 Å². The summed E-state index contributed by atoms with van der Waals surface area (Å²) in [5, 5.41) is 14.9. The lowest BCUT2D eigenvalue weighted by Crippen LogP contribution is -2.46. The first kappa shape index (κ1) is 12.5. The third kappa shape index (κ3) is 5.14. The summed E-state index contributed by atoms with van der Waals surface area (Å²) in [6.45, 7) is 4.14. The molecule has 0 radical (unpaired) electrons. The Morgan fingerprint density at radius 2 is 2.13 bits per heavy atom. The predicted molar refractivity (Wildman–Crippen MR) is 59.5 cm³/mol. The first-order chi connectivity index (χ1) is 7.13. The average molecular weight is 214 g/mol. The number of carbonyl (C=O) groups is 1. The molecule has 2 unspecified atom stereocenters. The zero-order valence-corrected chi connectivity index (χ0v) is 9.62. The molecule has 0 aromatic carbocycles. The minimum Gasteiger partial charge on any atom is -0.396 e. The SMILES string of the molecule is CC(CCCO)NC(C)C(=O)NC1CC1. The summed E-state index contributed by atoms with van der Waals surface area (Å²) in [4.78, 5) is 11.6. The van der Waals surface area contributed by atoms with Gasteiger partial charge < -0.3 is 15.7 Å². The molecule has 0 aromatic rings. The number of aliphatic hydroxyl groups is 1. The van der Waals surface area contributed by atoms with Gasteiger partial charge in [-0.1, -0.05) is 0 Å². The monoisotopic (exact) mass is 214 g/mol. The van der Waals surface area contributed by atoms with Crippen molar-refractivity contribution >= 4 is 5.91 Å². The highest BCUT2D eigenvalue weighted by molar-refractivity contribution is 5.81. The number of carbonyl (C=O) groups excluding carboxylic acids is 1. The van der Waals surface area contributed by atoms with Crippen molar-refractivity contribution in [1.29, 1.82) is 0 Å². The van der Waals surface area contributed by atoms with Crippen LogP contribution in [0.25, 0.3) is 0 Å². The highest BCUT2D eigenvalue weighted by atomic mass is 16.2. The maximum Gasteiger partial charge on any atom is 0.237 e. The molecule has 0 aromatic heterocycles. The van der Waals surface area contributed by atoms with Gasteiger partial charge in [0, 0.05) is 18.7 Å². The van der Waals surface area contributed by atoms with Crippen molar-refractivity contribution in [3.8, 4) is 0 Å². The van der Waals surface area contributed by atoms with E-state index < -0.39 is 0 Å². The summed E-state index contributed by atoms with van der Waals surface area (Å²) in [5.74, 6) is 0.0911. The Morgan fingerprint density at radius 1 is 1.47 bits per heavy atom. The zero-order chi connectivity index (χ0) is 11.3. The number of rotatable bonds is 7. The van der Waals surface area contributed by atoms with Gasteiger partial charge in [0.1, 0.15) is 0 Å². The molecule has 0 saturated heterocycles. The largest absolute Gasteiger partial charge is 0.396 e. The van der Waals surface area contributed by atoms with E-state index in [2.05, 4.69) is 10.6 Å². The van der Waals surface area contributed by atoms with E-state index in [1.807, 2.05) is 13.8 Å². The lowest BCUT2D eigenvalue weighted by atomic mass is 10.1. The van der Waals surface area contributed by atoms with Crippen LogP contribution < -0.4 is 10.6 Å². The molecule has 1 aliphatic carbocycles. The first-order valence-electron chi connectivity index (χ1n) is 5.80.